The molecular weight excluding hydrogens is 512 g/mol. The summed E-state index contributed by atoms with van der Waals surface area (Å²) in [7, 11) is 0. The van der Waals surface area contributed by atoms with E-state index in [1.807, 2.05) is 53.3 Å². The summed E-state index contributed by atoms with van der Waals surface area (Å²) in [5, 5.41) is 16.0. The third-order valence-corrected chi connectivity index (χ3v) is 7.17. The highest BCUT2D eigenvalue weighted by Crippen LogP contribution is 2.41. The van der Waals surface area contributed by atoms with Crippen LogP contribution in [0, 0.1) is 17.0 Å². The number of benzene rings is 4. The second kappa shape index (κ2) is 10.9. The van der Waals surface area contributed by atoms with Crippen molar-refractivity contribution in [2.75, 3.05) is 0 Å². The molecule has 7 heteroatoms. The molecule has 0 N–H and O–H groups in total. The number of nitro groups is 1. The Hall–Kier alpha value is -5.56. The predicted octanol–water partition coefficient (Wildman–Crippen LogP) is 7.79. The topological polar surface area (TPSA) is 83.1 Å². The fourth-order valence-corrected chi connectivity index (χ4v) is 5.20. The molecule has 0 atom stereocenters. The lowest BCUT2D eigenvalue weighted by Crippen LogP contribution is -2.38. The van der Waals surface area contributed by atoms with Crippen LogP contribution in [0.3, 0.4) is 0 Å². The number of aryl methyl sites for hydroxylation is 1. The molecule has 0 aliphatic rings. The standard InChI is InChI=1S/C34H26N4O3/c1-25-21-33(35-23-32(25)38(39)40)41-31-19-17-26(18-20-31)27-22-36-37(24-27)34(28-11-5-2-6-12-28,29-13-7-3-8-14-29)30-15-9-4-10-16-30/h2-24H,1H3. The van der Waals surface area contributed by atoms with Crippen molar-refractivity contribution in [3.8, 4) is 22.8 Å². The first-order valence-electron chi connectivity index (χ1n) is 13.2. The molecule has 0 saturated heterocycles. The van der Waals surface area contributed by atoms with Gasteiger partial charge in [-0.05, 0) is 41.3 Å². The zero-order chi connectivity index (χ0) is 28.2. The summed E-state index contributed by atoms with van der Waals surface area (Å²) < 4.78 is 7.90. The molecule has 2 heterocycles. The average Bonchev–Trinajstić information content (AvgIpc) is 3.50. The Labute approximate surface area is 237 Å². The Kier molecular flexibility index (Phi) is 6.83. The zero-order valence-corrected chi connectivity index (χ0v) is 22.3. The molecule has 0 bridgehead atoms. The first-order valence-corrected chi connectivity index (χ1v) is 13.2. The first kappa shape index (κ1) is 25.7. The minimum atomic E-state index is -0.690. The SMILES string of the molecule is Cc1cc(Oc2ccc(-c3cnn(C(c4ccccc4)(c4ccccc4)c4ccccc4)c3)cc2)ncc1[N+](=O)[O-]. The molecular formula is C34H26N4O3. The van der Waals surface area contributed by atoms with E-state index in [9.17, 15) is 10.1 Å². The van der Waals surface area contributed by atoms with Crippen LogP contribution in [0.2, 0.25) is 0 Å². The van der Waals surface area contributed by atoms with Crippen molar-refractivity contribution in [1.29, 1.82) is 0 Å². The second-order valence-corrected chi connectivity index (χ2v) is 9.67. The van der Waals surface area contributed by atoms with Crippen LogP contribution in [0.5, 0.6) is 11.6 Å². The zero-order valence-electron chi connectivity index (χ0n) is 22.3. The lowest BCUT2D eigenvalue weighted by molar-refractivity contribution is -0.385. The van der Waals surface area contributed by atoms with Gasteiger partial charge in [0.1, 0.15) is 17.5 Å². The lowest BCUT2D eigenvalue weighted by atomic mass is 9.77. The van der Waals surface area contributed by atoms with Gasteiger partial charge >= 0.3 is 0 Å². The van der Waals surface area contributed by atoms with Gasteiger partial charge in [-0.2, -0.15) is 5.10 Å². The molecule has 0 saturated carbocycles. The third-order valence-electron chi connectivity index (χ3n) is 7.17. The Morgan fingerprint density at radius 1 is 0.732 bits per heavy atom. The van der Waals surface area contributed by atoms with E-state index >= 15 is 0 Å². The summed E-state index contributed by atoms with van der Waals surface area (Å²) in [4.78, 5) is 14.7. The normalized spacial score (nSPS) is 11.2. The Bertz CT molecular complexity index is 1690. The molecule has 6 rings (SSSR count). The maximum atomic E-state index is 11.1. The Balaban J connectivity index is 1.38. The van der Waals surface area contributed by atoms with Crippen LogP contribution >= 0.6 is 0 Å². The van der Waals surface area contributed by atoms with Crippen molar-refractivity contribution < 1.29 is 9.66 Å². The molecule has 0 radical (unpaired) electrons. The number of pyridine rings is 1. The highest BCUT2D eigenvalue weighted by molar-refractivity contribution is 5.63. The van der Waals surface area contributed by atoms with Crippen molar-refractivity contribution in [2.24, 2.45) is 0 Å². The summed E-state index contributed by atoms with van der Waals surface area (Å²) in [5.74, 6) is 0.876. The van der Waals surface area contributed by atoms with E-state index in [0.717, 1.165) is 27.8 Å². The molecule has 0 amide bonds. The predicted molar refractivity (Wildman–Crippen MR) is 158 cm³/mol. The number of hydrogen-bond donors (Lipinski definition) is 0. The van der Waals surface area contributed by atoms with Crippen LogP contribution in [0.1, 0.15) is 22.3 Å². The van der Waals surface area contributed by atoms with Gasteiger partial charge in [0.15, 0.2) is 0 Å². The van der Waals surface area contributed by atoms with Gasteiger partial charge in [-0.1, -0.05) is 103 Å². The van der Waals surface area contributed by atoms with Gasteiger partial charge in [-0.15, -0.1) is 0 Å². The van der Waals surface area contributed by atoms with Gasteiger partial charge in [0.05, 0.1) is 11.1 Å². The Morgan fingerprint density at radius 3 is 1.76 bits per heavy atom. The summed E-state index contributed by atoms with van der Waals surface area (Å²) >= 11 is 0. The van der Waals surface area contributed by atoms with E-state index in [2.05, 4.69) is 84.0 Å². The summed E-state index contributed by atoms with van der Waals surface area (Å²) in [6.45, 7) is 1.66. The minimum absolute atomic E-state index is 0.0395. The molecule has 0 spiro atoms. The van der Waals surface area contributed by atoms with Crippen LogP contribution in [-0.2, 0) is 5.54 Å². The number of ether oxygens (including phenoxy) is 1. The molecule has 0 unspecified atom stereocenters. The number of aromatic nitrogens is 3. The maximum Gasteiger partial charge on any atom is 0.290 e. The van der Waals surface area contributed by atoms with Crippen LogP contribution in [0.25, 0.3) is 11.1 Å². The highest BCUT2D eigenvalue weighted by Gasteiger charge is 2.39. The van der Waals surface area contributed by atoms with Crippen molar-refractivity contribution in [2.45, 2.75) is 12.5 Å². The third kappa shape index (κ3) is 4.85. The van der Waals surface area contributed by atoms with Crippen molar-refractivity contribution in [1.82, 2.24) is 14.8 Å². The lowest BCUT2D eigenvalue weighted by Gasteiger charge is -2.36. The smallest absolute Gasteiger partial charge is 0.290 e. The van der Waals surface area contributed by atoms with Gasteiger partial charge < -0.3 is 4.74 Å². The van der Waals surface area contributed by atoms with Crippen LogP contribution in [0.15, 0.2) is 140 Å². The second-order valence-electron chi connectivity index (χ2n) is 9.67. The van der Waals surface area contributed by atoms with Gasteiger partial charge in [0.2, 0.25) is 5.88 Å². The molecule has 6 aromatic rings. The van der Waals surface area contributed by atoms with E-state index in [-0.39, 0.29) is 5.69 Å². The van der Waals surface area contributed by atoms with E-state index < -0.39 is 10.5 Å². The molecule has 200 valence electrons. The molecule has 2 aromatic heterocycles. The van der Waals surface area contributed by atoms with Gasteiger partial charge in [-0.3, -0.25) is 14.8 Å². The highest BCUT2D eigenvalue weighted by atomic mass is 16.6. The molecule has 0 fully saturated rings. The van der Waals surface area contributed by atoms with Gasteiger partial charge in [0.25, 0.3) is 5.69 Å². The molecule has 0 aliphatic carbocycles. The maximum absolute atomic E-state index is 11.1. The monoisotopic (exact) mass is 538 g/mol. The molecule has 4 aromatic carbocycles. The number of hydrogen-bond acceptors (Lipinski definition) is 5. The molecule has 41 heavy (non-hydrogen) atoms. The van der Waals surface area contributed by atoms with Crippen LogP contribution in [-0.4, -0.2) is 19.7 Å². The molecule has 0 aliphatic heterocycles. The van der Waals surface area contributed by atoms with Gasteiger partial charge in [0, 0.05) is 23.4 Å². The van der Waals surface area contributed by atoms with E-state index in [1.54, 1.807) is 13.0 Å². The largest absolute Gasteiger partial charge is 0.439 e. The van der Waals surface area contributed by atoms with Crippen molar-refractivity contribution >= 4 is 5.69 Å². The average molecular weight is 539 g/mol. The van der Waals surface area contributed by atoms with Crippen molar-refractivity contribution in [3.05, 3.63) is 172 Å². The van der Waals surface area contributed by atoms with Crippen LogP contribution in [0.4, 0.5) is 5.69 Å². The summed E-state index contributed by atoms with van der Waals surface area (Å²) in [6, 6.07) is 40.4. The summed E-state index contributed by atoms with van der Waals surface area (Å²) in [5.41, 5.74) is 4.98. The number of rotatable bonds is 8. The van der Waals surface area contributed by atoms with E-state index in [1.165, 1.54) is 6.20 Å². The van der Waals surface area contributed by atoms with Crippen LogP contribution < -0.4 is 4.74 Å². The fourth-order valence-electron chi connectivity index (χ4n) is 5.20. The fraction of sp³-hybridized carbons (Fsp3) is 0.0588. The van der Waals surface area contributed by atoms with Crippen molar-refractivity contribution in [3.63, 3.8) is 0 Å². The number of nitrogens with zero attached hydrogens (tertiary/aromatic N) is 4. The minimum Gasteiger partial charge on any atom is -0.439 e. The Morgan fingerprint density at radius 2 is 1.27 bits per heavy atom. The van der Waals surface area contributed by atoms with Gasteiger partial charge in [-0.25, -0.2) is 4.98 Å². The van der Waals surface area contributed by atoms with E-state index in [4.69, 9.17) is 9.84 Å². The first-order chi connectivity index (χ1) is 20.1. The summed E-state index contributed by atoms with van der Waals surface area (Å²) in [6.07, 6.45) is 5.16. The molecule has 7 nitrogen and oxygen atoms in total. The van der Waals surface area contributed by atoms with E-state index in [0.29, 0.717) is 17.2 Å². The quantitative estimate of drug-likeness (QED) is 0.112.